The minimum atomic E-state index is -0.705. The Bertz CT molecular complexity index is 1400. The first kappa shape index (κ1) is 32.0. The quantitative estimate of drug-likeness (QED) is 0.439. The van der Waals surface area contributed by atoms with E-state index < -0.39 is 6.04 Å². The molecule has 3 amide bonds. The van der Waals surface area contributed by atoms with Crippen LogP contribution in [0.25, 0.3) is 0 Å². The maximum absolute atomic E-state index is 14.1. The van der Waals surface area contributed by atoms with E-state index in [9.17, 15) is 18.8 Å². The molecule has 2 N–H and O–H groups in total. The van der Waals surface area contributed by atoms with E-state index in [2.05, 4.69) is 20.9 Å². The van der Waals surface area contributed by atoms with Crippen molar-refractivity contribution in [3.05, 3.63) is 76.9 Å². The number of hydrogen-bond acceptors (Lipinski definition) is 7. The molecule has 1 aromatic heterocycles. The molecule has 0 spiro atoms. The van der Waals surface area contributed by atoms with E-state index in [-0.39, 0.29) is 42.9 Å². The van der Waals surface area contributed by atoms with Crippen molar-refractivity contribution >= 4 is 29.5 Å². The van der Waals surface area contributed by atoms with E-state index in [0.29, 0.717) is 73.8 Å². The lowest BCUT2D eigenvalue weighted by molar-refractivity contribution is -0.131. The second kappa shape index (κ2) is 16.1. The van der Waals surface area contributed by atoms with E-state index >= 15 is 0 Å². The van der Waals surface area contributed by atoms with E-state index in [4.69, 9.17) is 4.74 Å². The maximum atomic E-state index is 14.1. The summed E-state index contributed by atoms with van der Waals surface area (Å²) in [7, 11) is 0. The van der Waals surface area contributed by atoms with Crippen LogP contribution in [0.15, 0.2) is 48.7 Å². The van der Waals surface area contributed by atoms with Crippen molar-refractivity contribution in [1.29, 1.82) is 0 Å². The third kappa shape index (κ3) is 9.54. The van der Waals surface area contributed by atoms with Crippen molar-refractivity contribution in [3.63, 3.8) is 0 Å². The van der Waals surface area contributed by atoms with Crippen LogP contribution in [0.4, 0.5) is 4.39 Å². The predicted octanol–water partition coefficient (Wildman–Crippen LogP) is 3.53. The Morgan fingerprint density at radius 1 is 1.16 bits per heavy atom. The summed E-state index contributed by atoms with van der Waals surface area (Å²) in [6.07, 6.45) is 5.80. The highest BCUT2D eigenvalue weighted by Crippen LogP contribution is 2.19. The van der Waals surface area contributed by atoms with Crippen LogP contribution in [-0.4, -0.2) is 75.4 Å². The lowest BCUT2D eigenvalue weighted by Crippen LogP contribution is -2.47. The number of nitrogens with zero attached hydrogens (tertiary/aromatic N) is 4. The maximum Gasteiger partial charge on any atom is 0.252 e. The molecule has 43 heavy (non-hydrogen) atoms. The molecule has 4 rings (SSSR count). The Balaban J connectivity index is 1.49. The molecule has 1 atom stereocenters. The molecule has 0 unspecified atom stereocenters. The normalized spacial score (nSPS) is 17.0. The minimum absolute atomic E-state index is 0.138. The molecule has 4 bridgehead atoms. The van der Waals surface area contributed by atoms with Gasteiger partial charge in [0.2, 0.25) is 11.8 Å². The topological polar surface area (TPSA) is 118 Å². The summed E-state index contributed by atoms with van der Waals surface area (Å²) in [5.41, 5.74) is 2.37. The first-order chi connectivity index (χ1) is 20.8. The number of hydrogen-bond donors (Lipinski definition) is 2. The summed E-state index contributed by atoms with van der Waals surface area (Å²) >= 11 is 1.60. The van der Waals surface area contributed by atoms with Crippen molar-refractivity contribution in [1.82, 2.24) is 30.5 Å². The second-order valence-electron chi connectivity index (χ2n) is 10.5. The molecule has 0 radical (unpaired) electrons. The smallest absolute Gasteiger partial charge is 0.252 e. The summed E-state index contributed by atoms with van der Waals surface area (Å²) in [5.74, 6) is 0.190. The number of rotatable bonds is 6. The Hall–Kier alpha value is -3.93. The van der Waals surface area contributed by atoms with Gasteiger partial charge in [-0.25, -0.2) is 4.39 Å². The predicted molar refractivity (Wildman–Crippen MR) is 163 cm³/mol. The number of halogens is 1. The number of aromatic nitrogens is 3. The number of benzene rings is 2. The molecular weight excluding hydrogens is 571 g/mol. The largest absolute Gasteiger partial charge is 0.494 e. The molecule has 12 heteroatoms. The number of thioether (sulfide) groups is 1. The highest BCUT2D eigenvalue weighted by atomic mass is 32.2. The highest BCUT2D eigenvalue weighted by Gasteiger charge is 2.23. The molecule has 3 aromatic rings. The third-order valence-corrected chi connectivity index (χ3v) is 7.89. The van der Waals surface area contributed by atoms with Crippen LogP contribution in [0.5, 0.6) is 5.75 Å². The van der Waals surface area contributed by atoms with Crippen molar-refractivity contribution in [2.75, 3.05) is 31.7 Å². The minimum Gasteiger partial charge on any atom is -0.494 e. The lowest BCUT2D eigenvalue weighted by Gasteiger charge is -2.23. The van der Waals surface area contributed by atoms with E-state index in [1.807, 2.05) is 31.5 Å². The highest BCUT2D eigenvalue weighted by molar-refractivity contribution is 7.98. The summed E-state index contributed by atoms with van der Waals surface area (Å²) in [4.78, 5) is 41.3. The molecule has 1 aliphatic heterocycles. The zero-order valence-corrected chi connectivity index (χ0v) is 25.5. The number of amides is 3. The van der Waals surface area contributed by atoms with Crippen molar-refractivity contribution < 1.29 is 23.5 Å². The molecule has 0 fully saturated rings. The zero-order chi connectivity index (χ0) is 30.6. The Morgan fingerprint density at radius 2 is 2.00 bits per heavy atom. The van der Waals surface area contributed by atoms with Gasteiger partial charge in [0.1, 0.15) is 23.3 Å². The number of carbonyl (C=O) groups excluding carboxylic acids is 3. The van der Waals surface area contributed by atoms with Crippen LogP contribution in [0.3, 0.4) is 0 Å². The summed E-state index contributed by atoms with van der Waals surface area (Å²) in [5, 5.41) is 14.3. The van der Waals surface area contributed by atoms with Gasteiger partial charge in [0, 0.05) is 38.0 Å². The van der Waals surface area contributed by atoms with Crippen LogP contribution >= 0.6 is 11.8 Å². The molecule has 230 valence electrons. The summed E-state index contributed by atoms with van der Waals surface area (Å²) < 4.78 is 21.8. The van der Waals surface area contributed by atoms with Crippen molar-refractivity contribution in [3.8, 4) is 5.75 Å². The number of aryl methyl sites for hydroxylation is 3. The van der Waals surface area contributed by atoms with Crippen LogP contribution < -0.4 is 15.4 Å². The standard InChI is InChI=1S/C31H39FN6O4S/c1-22-9-11-25-19-26(22)30(40)34-28(13-18-43-2)31(41)33-14-5-15-37(20-24-21-38(36-35-24)16-6-17-42-25)29(39)12-10-23-7-3-4-8-27(23)32/h3-4,7-9,11,19,21,28H,5-6,10,12-18,20H2,1-2H3,(H,33,41)(H,34,40)/t28-/m0/s1. The second-order valence-corrected chi connectivity index (χ2v) is 11.5. The van der Waals surface area contributed by atoms with E-state index in [1.165, 1.54) is 6.07 Å². The first-order valence-electron chi connectivity index (χ1n) is 14.5. The van der Waals surface area contributed by atoms with Gasteiger partial charge in [0.25, 0.3) is 5.91 Å². The van der Waals surface area contributed by atoms with Crippen LogP contribution in [0.2, 0.25) is 0 Å². The fraction of sp³-hybridized carbons (Fsp3) is 0.452. The lowest BCUT2D eigenvalue weighted by atomic mass is 10.1. The number of carbonyl (C=O) groups is 3. The number of ether oxygens (including phenoxy) is 1. The van der Waals surface area contributed by atoms with Gasteiger partial charge in [0.15, 0.2) is 0 Å². The first-order valence-corrected chi connectivity index (χ1v) is 15.9. The Kier molecular flexibility index (Phi) is 12.0. The molecule has 1 aliphatic rings. The average Bonchev–Trinajstić information content (AvgIpc) is 3.45. The van der Waals surface area contributed by atoms with Crippen molar-refractivity contribution in [2.24, 2.45) is 0 Å². The van der Waals surface area contributed by atoms with Gasteiger partial charge in [-0.2, -0.15) is 11.8 Å². The van der Waals surface area contributed by atoms with Gasteiger partial charge in [-0.15, -0.1) is 5.10 Å². The molecule has 2 aromatic carbocycles. The Morgan fingerprint density at radius 3 is 2.81 bits per heavy atom. The van der Waals surface area contributed by atoms with Crippen LogP contribution in [0, 0.1) is 12.7 Å². The van der Waals surface area contributed by atoms with Gasteiger partial charge in [-0.3, -0.25) is 19.1 Å². The molecule has 0 saturated carbocycles. The Labute approximate surface area is 255 Å². The van der Waals surface area contributed by atoms with E-state index in [0.717, 1.165) is 5.56 Å². The fourth-order valence-electron chi connectivity index (χ4n) is 4.81. The number of nitrogens with one attached hydrogen (secondary N) is 2. The molecule has 10 nitrogen and oxygen atoms in total. The number of fused-ring (bicyclic) bond motifs is 4. The van der Waals surface area contributed by atoms with E-state index in [1.54, 1.807) is 45.6 Å². The zero-order valence-electron chi connectivity index (χ0n) is 24.7. The monoisotopic (exact) mass is 610 g/mol. The summed E-state index contributed by atoms with van der Waals surface area (Å²) in [6.45, 7) is 3.75. The molecule has 0 saturated heterocycles. The average molecular weight is 611 g/mol. The fourth-order valence-corrected chi connectivity index (χ4v) is 5.28. The SMILES string of the molecule is CSCC[C@@H]1NC(=O)c2cc(ccc2C)OCCCn2cc(nn2)CN(C(=O)CCc2ccccc2F)CCCNC1=O. The van der Waals surface area contributed by atoms with Gasteiger partial charge in [-0.1, -0.05) is 29.5 Å². The molecule has 2 heterocycles. The van der Waals surface area contributed by atoms with Gasteiger partial charge in [-0.05, 0) is 67.5 Å². The van der Waals surface area contributed by atoms with Gasteiger partial charge >= 0.3 is 0 Å². The summed E-state index contributed by atoms with van der Waals surface area (Å²) in [6, 6.07) is 11.1. The molecular formula is C31H39FN6O4S. The van der Waals surface area contributed by atoms with Crippen molar-refractivity contribution in [2.45, 2.75) is 58.2 Å². The third-order valence-electron chi connectivity index (χ3n) is 7.25. The van der Waals surface area contributed by atoms with Gasteiger partial charge < -0.3 is 20.3 Å². The van der Waals surface area contributed by atoms with Gasteiger partial charge in [0.05, 0.1) is 19.3 Å². The molecule has 0 aliphatic carbocycles. The van der Waals surface area contributed by atoms with Crippen LogP contribution in [0.1, 0.15) is 52.9 Å². The van der Waals surface area contributed by atoms with Crippen LogP contribution in [-0.2, 0) is 29.1 Å².